The number of hydrogen-bond donors (Lipinski definition) is 0. The zero-order valence-corrected chi connectivity index (χ0v) is 17.1. The number of aryl methyl sites for hydroxylation is 1. The third-order valence-corrected chi connectivity index (χ3v) is 6.33. The highest BCUT2D eigenvalue weighted by Crippen LogP contribution is 2.28. The van der Waals surface area contributed by atoms with Crippen LogP contribution in [0.1, 0.15) is 22.8 Å². The molecule has 0 aliphatic rings. The van der Waals surface area contributed by atoms with Crippen LogP contribution in [-0.2, 0) is 0 Å². The van der Waals surface area contributed by atoms with Crippen LogP contribution in [0.5, 0.6) is 0 Å². The van der Waals surface area contributed by atoms with E-state index in [1.54, 1.807) is 10.6 Å². The molecular weight excluding hydrogens is 388 g/mol. The van der Waals surface area contributed by atoms with Gasteiger partial charge >= 0.3 is 0 Å². The van der Waals surface area contributed by atoms with Gasteiger partial charge in [0, 0.05) is 5.56 Å². The third kappa shape index (κ3) is 3.53. The molecule has 0 aliphatic heterocycles. The van der Waals surface area contributed by atoms with Crippen LogP contribution in [0.25, 0.3) is 15.9 Å². The molecule has 4 aromatic rings. The summed E-state index contributed by atoms with van der Waals surface area (Å²) in [5.74, 6) is 0.0186. The van der Waals surface area contributed by atoms with Gasteiger partial charge in [-0.15, -0.1) is 11.3 Å². The first-order chi connectivity index (χ1) is 13.5. The maximum Gasteiger partial charge on any atom is 0.267 e. The summed E-state index contributed by atoms with van der Waals surface area (Å²) in [6.07, 6.45) is 0. The normalized spacial score (nSPS) is 12.2. The summed E-state index contributed by atoms with van der Waals surface area (Å²) in [4.78, 5) is 31.4. The SMILES string of the molecule is Cc1ccc(C(=O)C(C)Sc2nc3sccc3c(=O)n2-c2ccccc2)cc1. The lowest BCUT2D eigenvalue weighted by atomic mass is 10.1. The van der Waals surface area contributed by atoms with Crippen molar-refractivity contribution in [2.75, 3.05) is 0 Å². The summed E-state index contributed by atoms with van der Waals surface area (Å²) in [5, 5.41) is 2.61. The molecule has 0 N–H and O–H groups in total. The monoisotopic (exact) mass is 406 g/mol. The largest absolute Gasteiger partial charge is 0.293 e. The van der Waals surface area contributed by atoms with Crippen molar-refractivity contribution in [2.24, 2.45) is 0 Å². The van der Waals surface area contributed by atoms with E-state index in [0.29, 0.717) is 20.9 Å². The number of Topliss-reactive ketones (excluding diaryl/α,β-unsaturated/α-hetero) is 1. The Kier molecular flexibility index (Phi) is 5.15. The smallest absolute Gasteiger partial charge is 0.267 e. The zero-order chi connectivity index (χ0) is 19.7. The second-order valence-electron chi connectivity index (χ2n) is 6.50. The number of rotatable bonds is 5. The van der Waals surface area contributed by atoms with E-state index in [1.165, 1.54) is 23.1 Å². The fraction of sp³-hybridized carbons (Fsp3) is 0.136. The average Bonchev–Trinajstić information content (AvgIpc) is 3.18. The Balaban J connectivity index is 1.76. The number of aromatic nitrogens is 2. The molecule has 0 aliphatic carbocycles. The number of thiophene rings is 1. The van der Waals surface area contributed by atoms with Crippen molar-refractivity contribution in [1.29, 1.82) is 0 Å². The Morgan fingerprint density at radius 1 is 1.07 bits per heavy atom. The van der Waals surface area contributed by atoms with Crippen LogP contribution in [0.15, 0.2) is 76.0 Å². The number of carbonyl (C=O) groups is 1. The highest BCUT2D eigenvalue weighted by Gasteiger charge is 2.21. The van der Waals surface area contributed by atoms with Gasteiger partial charge < -0.3 is 0 Å². The molecule has 0 saturated heterocycles. The second kappa shape index (κ2) is 7.73. The molecule has 0 saturated carbocycles. The first-order valence-corrected chi connectivity index (χ1v) is 10.6. The molecule has 2 aromatic carbocycles. The summed E-state index contributed by atoms with van der Waals surface area (Å²) in [7, 11) is 0. The number of para-hydroxylation sites is 1. The zero-order valence-electron chi connectivity index (χ0n) is 15.5. The molecule has 4 rings (SSSR count). The molecule has 140 valence electrons. The average molecular weight is 407 g/mol. The molecule has 4 nitrogen and oxygen atoms in total. The van der Waals surface area contributed by atoms with Crippen LogP contribution in [0.3, 0.4) is 0 Å². The molecule has 0 bridgehead atoms. The lowest BCUT2D eigenvalue weighted by Crippen LogP contribution is -2.23. The van der Waals surface area contributed by atoms with Crippen molar-refractivity contribution in [2.45, 2.75) is 24.3 Å². The molecule has 1 unspecified atom stereocenters. The van der Waals surface area contributed by atoms with Crippen LogP contribution in [0.4, 0.5) is 0 Å². The van der Waals surface area contributed by atoms with Crippen molar-refractivity contribution < 1.29 is 4.79 Å². The Labute approximate surface area is 170 Å². The predicted octanol–water partition coefficient (Wildman–Crippen LogP) is 5.12. The van der Waals surface area contributed by atoms with Crippen LogP contribution in [-0.4, -0.2) is 20.6 Å². The van der Waals surface area contributed by atoms with Crippen LogP contribution >= 0.6 is 23.1 Å². The van der Waals surface area contributed by atoms with Crippen LogP contribution < -0.4 is 5.56 Å². The number of fused-ring (bicyclic) bond motifs is 1. The van der Waals surface area contributed by atoms with Crippen LogP contribution in [0, 0.1) is 6.92 Å². The summed E-state index contributed by atoms with van der Waals surface area (Å²) in [5.41, 5.74) is 2.40. The Hall–Kier alpha value is -2.70. The van der Waals surface area contributed by atoms with E-state index in [-0.39, 0.29) is 16.6 Å². The van der Waals surface area contributed by atoms with Crippen molar-refractivity contribution in [3.05, 3.63) is 87.5 Å². The molecule has 0 spiro atoms. The Bertz CT molecular complexity index is 1190. The quantitative estimate of drug-likeness (QED) is 0.262. The maximum atomic E-state index is 13.1. The lowest BCUT2D eigenvalue weighted by molar-refractivity contribution is 0.0994. The van der Waals surface area contributed by atoms with Gasteiger partial charge in [-0.1, -0.05) is 59.8 Å². The first kappa shape index (κ1) is 18.7. The highest BCUT2D eigenvalue weighted by atomic mass is 32.2. The molecular formula is C22H18N2O2S2. The van der Waals surface area contributed by atoms with Gasteiger partial charge in [0.15, 0.2) is 10.9 Å². The number of hydrogen-bond acceptors (Lipinski definition) is 5. The molecule has 1 atom stereocenters. The fourth-order valence-electron chi connectivity index (χ4n) is 2.94. The fourth-order valence-corrected chi connectivity index (χ4v) is 4.75. The van der Waals surface area contributed by atoms with Gasteiger partial charge in [0.05, 0.1) is 16.3 Å². The van der Waals surface area contributed by atoms with Gasteiger partial charge in [-0.25, -0.2) is 4.98 Å². The summed E-state index contributed by atoms with van der Waals surface area (Å²) < 4.78 is 1.60. The van der Waals surface area contributed by atoms with Crippen molar-refractivity contribution in [3.8, 4) is 5.69 Å². The molecule has 2 aromatic heterocycles. The summed E-state index contributed by atoms with van der Waals surface area (Å²) in [6, 6.07) is 18.8. The minimum atomic E-state index is -0.373. The van der Waals surface area contributed by atoms with E-state index in [0.717, 1.165) is 11.3 Å². The van der Waals surface area contributed by atoms with Gasteiger partial charge in [0.2, 0.25) is 0 Å². The number of nitrogens with zero attached hydrogens (tertiary/aromatic N) is 2. The molecule has 6 heteroatoms. The van der Waals surface area contributed by atoms with E-state index in [9.17, 15) is 9.59 Å². The minimum Gasteiger partial charge on any atom is -0.293 e. The van der Waals surface area contributed by atoms with Crippen molar-refractivity contribution in [1.82, 2.24) is 9.55 Å². The Morgan fingerprint density at radius 2 is 1.79 bits per heavy atom. The minimum absolute atomic E-state index is 0.0186. The summed E-state index contributed by atoms with van der Waals surface area (Å²) in [6.45, 7) is 3.85. The van der Waals surface area contributed by atoms with Gasteiger partial charge in [0.1, 0.15) is 4.83 Å². The third-order valence-electron chi connectivity index (χ3n) is 4.47. The van der Waals surface area contributed by atoms with E-state index in [4.69, 9.17) is 4.98 Å². The molecule has 0 radical (unpaired) electrons. The number of ketones is 1. The predicted molar refractivity (Wildman–Crippen MR) is 116 cm³/mol. The van der Waals surface area contributed by atoms with Crippen LogP contribution in [0.2, 0.25) is 0 Å². The molecule has 0 fully saturated rings. The number of thioether (sulfide) groups is 1. The van der Waals surface area contributed by atoms with E-state index < -0.39 is 0 Å². The van der Waals surface area contributed by atoms with Crippen molar-refractivity contribution in [3.63, 3.8) is 0 Å². The molecule has 0 amide bonds. The van der Waals surface area contributed by atoms with E-state index in [1.807, 2.05) is 73.8 Å². The number of benzene rings is 2. The standard InChI is InChI=1S/C22H18N2O2S2/c1-14-8-10-16(11-9-14)19(25)15(2)28-22-23-20-18(12-13-27-20)21(26)24(22)17-6-4-3-5-7-17/h3-13,15H,1-2H3. The van der Waals surface area contributed by atoms with Gasteiger partial charge in [-0.2, -0.15) is 0 Å². The topological polar surface area (TPSA) is 52.0 Å². The molecule has 2 heterocycles. The van der Waals surface area contributed by atoms with Gasteiger partial charge in [-0.05, 0) is 37.4 Å². The Morgan fingerprint density at radius 3 is 2.50 bits per heavy atom. The van der Waals surface area contributed by atoms with E-state index in [2.05, 4.69) is 0 Å². The summed E-state index contributed by atoms with van der Waals surface area (Å²) >= 11 is 2.74. The van der Waals surface area contributed by atoms with Gasteiger partial charge in [0.25, 0.3) is 5.56 Å². The lowest BCUT2D eigenvalue weighted by Gasteiger charge is -2.15. The molecule has 28 heavy (non-hydrogen) atoms. The van der Waals surface area contributed by atoms with Crippen molar-refractivity contribution >= 4 is 39.1 Å². The highest BCUT2D eigenvalue weighted by molar-refractivity contribution is 8.00. The second-order valence-corrected chi connectivity index (χ2v) is 8.70. The maximum absolute atomic E-state index is 13.1. The first-order valence-electron chi connectivity index (χ1n) is 8.88. The number of carbonyl (C=O) groups excluding carboxylic acids is 1. The van der Waals surface area contributed by atoms with E-state index >= 15 is 0 Å². The van der Waals surface area contributed by atoms with Gasteiger partial charge in [-0.3, -0.25) is 14.2 Å².